The Hall–Kier alpha value is -0.400. The Labute approximate surface area is 126 Å². The van der Waals surface area contributed by atoms with Gasteiger partial charge in [0, 0.05) is 4.47 Å². The van der Waals surface area contributed by atoms with Gasteiger partial charge in [-0.25, -0.2) is 4.79 Å². The van der Waals surface area contributed by atoms with Crippen molar-refractivity contribution < 1.29 is 14.7 Å². The van der Waals surface area contributed by atoms with Gasteiger partial charge in [0.25, 0.3) is 5.91 Å². The average molecular weight is 399 g/mol. The van der Waals surface area contributed by atoms with Gasteiger partial charge in [0.05, 0.1) is 8.66 Å². The number of carboxylic acids is 1. The maximum absolute atomic E-state index is 11.9. The molecule has 4 nitrogen and oxygen atoms in total. The molecule has 0 spiro atoms. The minimum atomic E-state index is -1.01. The molecule has 1 heterocycles. The zero-order valence-corrected chi connectivity index (χ0v) is 13.9. The van der Waals surface area contributed by atoms with E-state index in [9.17, 15) is 9.59 Å². The summed E-state index contributed by atoms with van der Waals surface area (Å²) in [5.41, 5.74) is 0. The molecule has 7 heteroatoms. The zero-order chi connectivity index (χ0) is 13.9. The lowest BCUT2D eigenvalue weighted by molar-refractivity contribution is -0.140. The fourth-order valence-corrected chi connectivity index (χ4v) is 3.29. The maximum atomic E-state index is 11.9. The summed E-state index contributed by atoms with van der Waals surface area (Å²) in [5.74, 6) is -1.48. The van der Waals surface area contributed by atoms with E-state index in [2.05, 4.69) is 37.2 Å². The van der Waals surface area contributed by atoms with E-state index in [4.69, 9.17) is 5.11 Å². The molecule has 1 amide bonds. The van der Waals surface area contributed by atoms with Crippen LogP contribution in [0.5, 0.6) is 0 Å². The van der Waals surface area contributed by atoms with E-state index in [0.717, 1.165) is 8.26 Å². The van der Waals surface area contributed by atoms with Crippen LogP contribution in [0.15, 0.2) is 14.3 Å². The number of rotatable bonds is 5. The van der Waals surface area contributed by atoms with Gasteiger partial charge in [-0.05, 0) is 43.8 Å². The summed E-state index contributed by atoms with van der Waals surface area (Å²) in [6.07, 6.45) is 0.690. The molecule has 0 aliphatic heterocycles. The second-order valence-corrected chi connectivity index (χ2v) is 7.13. The van der Waals surface area contributed by atoms with E-state index < -0.39 is 12.0 Å². The van der Waals surface area contributed by atoms with Gasteiger partial charge >= 0.3 is 5.97 Å². The third kappa shape index (κ3) is 3.80. The van der Waals surface area contributed by atoms with Crippen molar-refractivity contribution in [2.45, 2.75) is 26.3 Å². The van der Waals surface area contributed by atoms with Gasteiger partial charge in [-0.1, -0.05) is 20.3 Å². The molecule has 2 N–H and O–H groups in total. The Morgan fingerprint density at radius 1 is 1.50 bits per heavy atom. The molecule has 0 saturated heterocycles. The van der Waals surface area contributed by atoms with E-state index in [0.29, 0.717) is 11.3 Å². The number of thiophene rings is 1. The molecule has 0 fully saturated rings. The summed E-state index contributed by atoms with van der Waals surface area (Å²) in [6, 6.07) is 0.807. The standard InChI is InChI=1S/C11H13Br2NO3S/c1-3-5(2)8(11(16)17)14-10(15)7-4-6(12)9(13)18-7/h4-5,8H,3H2,1-2H3,(H,14,15)(H,16,17)/t5-,8-/m0/s1. The highest BCUT2D eigenvalue weighted by Gasteiger charge is 2.26. The number of hydrogen-bond acceptors (Lipinski definition) is 3. The summed E-state index contributed by atoms with van der Waals surface area (Å²) >= 11 is 7.85. The van der Waals surface area contributed by atoms with E-state index in [-0.39, 0.29) is 11.8 Å². The molecule has 1 rings (SSSR count). The first-order chi connectivity index (χ1) is 8.36. The molecule has 0 saturated carbocycles. The summed E-state index contributed by atoms with van der Waals surface area (Å²) in [6.45, 7) is 3.70. The summed E-state index contributed by atoms with van der Waals surface area (Å²) in [5, 5.41) is 11.7. The van der Waals surface area contributed by atoms with Crippen LogP contribution in [-0.4, -0.2) is 23.0 Å². The molecule has 0 bridgehead atoms. The van der Waals surface area contributed by atoms with Gasteiger partial charge in [-0.2, -0.15) is 0 Å². The van der Waals surface area contributed by atoms with Crippen LogP contribution >= 0.6 is 43.2 Å². The lowest BCUT2D eigenvalue weighted by Crippen LogP contribution is -2.44. The van der Waals surface area contributed by atoms with Crippen molar-refractivity contribution >= 4 is 55.1 Å². The number of carbonyl (C=O) groups is 2. The predicted octanol–water partition coefficient (Wildman–Crippen LogP) is 3.50. The quantitative estimate of drug-likeness (QED) is 0.797. The lowest BCUT2D eigenvalue weighted by atomic mass is 9.99. The Morgan fingerprint density at radius 2 is 2.11 bits per heavy atom. The molecular weight excluding hydrogens is 386 g/mol. The van der Waals surface area contributed by atoms with Crippen molar-refractivity contribution in [3.05, 3.63) is 19.2 Å². The number of carbonyl (C=O) groups excluding carboxylic acids is 1. The SMILES string of the molecule is CC[C@H](C)[C@H](NC(=O)c1cc(Br)c(Br)s1)C(=O)O. The second-order valence-electron chi connectivity index (χ2n) is 3.91. The maximum Gasteiger partial charge on any atom is 0.326 e. The molecule has 100 valence electrons. The molecule has 0 radical (unpaired) electrons. The van der Waals surface area contributed by atoms with E-state index in [1.54, 1.807) is 13.0 Å². The monoisotopic (exact) mass is 397 g/mol. The Morgan fingerprint density at radius 3 is 2.50 bits per heavy atom. The highest BCUT2D eigenvalue weighted by Crippen LogP contribution is 2.32. The highest BCUT2D eigenvalue weighted by atomic mass is 79.9. The average Bonchev–Trinajstić information content (AvgIpc) is 2.65. The third-order valence-electron chi connectivity index (χ3n) is 2.63. The Kier molecular flexibility index (Phi) is 5.81. The summed E-state index contributed by atoms with van der Waals surface area (Å²) < 4.78 is 1.59. The van der Waals surface area contributed by atoms with E-state index >= 15 is 0 Å². The van der Waals surface area contributed by atoms with Crippen LogP contribution in [0.2, 0.25) is 0 Å². The fraction of sp³-hybridized carbons (Fsp3) is 0.455. The first-order valence-electron chi connectivity index (χ1n) is 5.35. The van der Waals surface area contributed by atoms with Gasteiger partial charge in [0.2, 0.25) is 0 Å². The minimum Gasteiger partial charge on any atom is -0.480 e. The molecule has 18 heavy (non-hydrogen) atoms. The van der Waals surface area contributed by atoms with Crippen molar-refractivity contribution in [1.82, 2.24) is 5.32 Å². The van der Waals surface area contributed by atoms with E-state index in [1.165, 1.54) is 11.3 Å². The molecule has 1 aromatic rings. The normalized spacial score (nSPS) is 14.0. The number of hydrogen-bond donors (Lipinski definition) is 2. The van der Waals surface area contributed by atoms with Crippen LogP contribution in [0.3, 0.4) is 0 Å². The molecule has 0 aromatic carbocycles. The van der Waals surface area contributed by atoms with Crippen molar-refractivity contribution in [2.24, 2.45) is 5.92 Å². The minimum absolute atomic E-state index is 0.113. The highest BCUT2D eigenvalue weighted by molar-refractivity contribution is 9.13. The summed E-state index contributed by atoms with van der Waals surface area (Å²) in [7, 11) is 0. The smallest absolute Gasteiger partial charge is 0.326 e. The fourth-order valence-electron chi connectivity index (χ4n) is 1.35. The van der Waals surface area contributed by atoms with Crippen molar-refractivity contribution in [2.75, 3.05) is 0 Å². The number of nitrogens with one attached hydrogen (secondary N) is 1. The number of aliphatic carboxylic acids is 1. The third-order valence-corrected chi connectivity index (χ3v) is 5.89. The molecule has 0 aliphatic carbocycles. The largest absolute Gasteiger partial charge is 0.480 e. The number of halogens is 2. The van der Waals surface area contributed by atoms with Crippen molar-refractivity contribution in [1.29, 1.82) is 0 Å². The van der Waals surface area contributed by atoms with E-state index in [1.807, 2.05) is 6.92 Å². The first kappa shape index (κ1) is 15.7. The molecule has 0 aliphatic rings. The summed E-state index contributed by atoms with van der Waals surface area (Å²) in [4.78, 5) is 23.5. The topological polar surface area (TPSA) is 66.4 Å². The number of carboxylic acid groups (broad SMARTS) is 1. The van der Waals surface area contributed by atoms with Crippen LogP contribution in [0, 0.1) is 5.92 Å². The predicted molar refractivity (Wildman–Crippen MR) is 78.1 cm³/mol. The molecular formula is C11H13Br2NO3S. The molecule has 0 unspecified atom stereocenters. The van der Waals surface area contributed by atoms with Gasteiger partial charge in [-0.3, -0.25) is 4.79 Å². The van der Waals surface area contributed by atoms with Crippen LogP contribution in [-0.2, 0) is 4.79 Å². The van der Waals surface area contributed by atoms with Crippen LogP contribution < -0.4 is 5.32 Å². The van der Waals surface area contributed by atoms with Gasteiger partial charge in [-0.15, -0.1) is 11.3 Å². The molecule has 2 atom stereocenters. The zero-order valence-electron chi connectivity index (χ0n) is 9.87. The van der Waals surface area contributed by atoms with Gasteiger partial charge < -0.3 is 10.4 Å². The molecule has 1 aromatic heterocycles. The second kappa shape index (κ2) is 6.68. The van der Waals surface area contributed by atoms with Gasteiger partial charge in [0.1, 0.15) is 6.04 Å². The Balaban J connectivity index is 2.81. The van der Waals surface area contributed by atoms with Crippen LogP contribution in [0.1, 0.15) is 29.9 Å². The lowest BCUT2D eigenvalue weighted by Gasteiger charge is -2.19. The van der Waals surface area contributed by atoms with Crippen LogP contribution in [0.4, 0.5) is 0 Å². The Bertz CT molecular complexity index is 442. The van der Waals surface area contributed by atoms with Crippen molar-refractivity contribution in [3.63, 3.8) is 0 Å². The first-order valence-corrected chi connectivity index (χ1v) is 7.75. The van der Waals surface area contributed by atoms with Crippen molar-refractivity contribution in [3.8, 4) is 0 Å². The van der Waals surface area contributed by atoms with Gasteiger partial charge in [0.15, 0.2) is 0 Å². The van der Waals surface area contributed by atoms with Crippen LogP contribution in [0.25, 0.3) is 0 Å². The number of amides is 1.